The Labute approximate surface area is 125 Å². The van der Waals surface area contributed by atoms with Crippen LogP contribution in [0.15, 0.2) is 12.1 Å². The summed E-state index contributed by atoms with van der Waals surface area (Å²) in [5.74, 6) is -0.162. The quantitative estimate of drug-likeness (QED) is 0.685. The predicted molar refractivity (Wildman–Crippen MR) is 81.8 cm³/mol. The maximum Gasteiger partial charge on any atom is 0.305 e. The maximum atomic E-state index is 11.0. The molecule has 0 spiro atoms. The number of aliphatic hydroxyl groups is 1. The summed E-state index contributed by atoms with van der Waals surface area (Å²) in [6.45, 7) is 6.46. The second-order valence-corrected chi connectivity index (χ2v) is 5.28. The molecule has 0 aliphatic rings. The number of hydrogen-bond donors (Lipinski definition) is 3. The van der Waals surface area contributed by atoms with Gasteiger partial charge in [-0.2, -0.15) is 0 Å². The molecule has 1 aromatic carbocycles. The number of hydrogen-bond acceptors (Lipinski definition) is 4. The molecule has 0 amide bonds. The average molecular weight is 295 g/mol. The lowest BCUT2D eigenvalue weighted by Gasteiger charge is -2.25. The van der Waals surface area contributed by atoms with E-state index < -0.39 is 18.1 Å². The first-order valence-corrected chi connectivity index (χ1v) is 7.19. The van der Waals surface area contributed by atoms with Crippen molar-refractivity contribution in [3.05, 3.63) is 28.8 Å². The van der Waals surface area contributed by atoms with Crippen LogP contribution in [-0.2, 0) is 4.79 Å². The summed E-state index contributed by atoms with van der Waals surface area (Å²) in [5, 5.41) is 22.7. The molecule has 0 saturated carbocycles. The molecule has 3 N–H and O–H groups in total. The molecule has 1 rings (SSSR count). The van der Waals surface area contributed by atoms with E-state index in [4.69, 9.17) is 9.84 Å². The average Bonchev–Trinajstić information content (AvgIpc) is 2.44. The third-order valence-electron chi connectivity index (χ3n) is 3.53. The number of ether oxygens (including phenoxy) is 1. The number of rotatable bonds is 8. The van der Waals surface area contributed by atoms with Crippen molar-refractivity contribution in [2.75, 3.05) is 13.7 Å². The fourth-order valence-electron chi connectivity index (χ4n) is 2.38. The van der Waals surface area contributed by atoms with E-state index in [-0.39, 0.29) is 6.42 Å². The van der Waals surface area contributed by atoms with Crippen LogP contribution in [0.1, 0.15) is 42.6 Å². The molecule has 0 saturated heterocycles. The Morgan fingerprint density at radius 3 is 2.52 bits per heavy atom. The standard InChI is InChI=1S/C16H25NO4/c1-5-6-17-13(9-15(18)19)16(20)12-7-11(3)14(21-4)8-10(12)2/h7-8,13,16-17,20H,5-6,9H2,1-4H3,(H,18,19). The van der Waals surface area contributed by atoms with Gasteiger partial charge in [-0.1, -0.05) is 6.92 Å². The number of nitrogens with one attached hydrogen (secondary N) is 1. The molecule has 0 bridgehead atoms. The van der Waals surface area contributed by atoms with Gasteiger partial charge in [0.05, 0.1) is 19.6 Å². The Morgan fingerprint density at radius 2 is 2.00 bits per heavy atom. The number of benzene rings is 1. The van der Waals surface area contributed by atoms with E-state index in [2.05, 4.69) is 5.32 Å². The van der Waals surface area contributed by atoms with E-state index in [1.54, 1.807) is 7.11 Å². The van der Waals surface area contributed by atoms with Crippen LogP contribution in [0.2, 0.25) is 0 Å². The highest BCUT2D eigenvalue weighted by atomic mass is 16.5. The Kier molecular flexibility index (Phi) is 6.65. The number of carbonyl (C=O) groups is 1. The van der Waals surface area contributed by atoms with Gasteiger partial charge in [0.2, 0.25) is 0 Å². The van der Waals surface area contributed by atoms with Gasteiger partial charge in [0.1, 0.15) is 5.75 Å². The minimum atomic E-state index is -0.925. The van der Waals surface area contributed by atoms with Gasteiger partial charge in [0.15, 0.2) is 0 Å². The lowest BCUT2D eigenvalue weighted by molar-refractivity contribution is -0.138. The third kappa shape index (κ3) is 4.72. The predicted octanol–water partition coefficient (Wildman–Crippen LogP) is 2.19. The number of aliphatic carboxylic acids is 1. The minimum Gasteiger partial charge on any atom is -0.496 e. The van der Waals surface area contributed by atoms with Crippen LogP contribution in [0.3, 0.4) is 0 Å². The first-order chi connectivity index (χ1) is 9.90. The fourth-order valence-corrected chi connectivity index (χ4v) is 2.38. The summed E-state index contributed by atoms with van der Waals surface area (Å²) >= 11 is 0. The van der Waals surface area contributed by atoms with Crippen molar-refractivity contribution >= 4 is 5.97 Å². The molecule has 2 atom stereocenters. The van der Waals surface area contributed by atoms with Crippen LogP contribution in [0.4, 0.5) is 0 Å². The normalized spacial score (nSPS) is 13.8. The summed E-state index contributed by atoms with van der Waals surface area (Å²) in [5.41, 5.74) is 2.54. The molecule has 2 unspecified atom stereocenters. The highest BCUT2D eigenvalue weighted by Crippen LogP contribution is 2.29. The van der Waals surface area contributed by atoms with Crippen LogP contribution >= 0.6 is 0 Å². The first-order valence-electron chi connectivity index (χ1n) is 7.19. The van der Waals surface area contributed by atoms with Crippen LogP contribution < -0.4 is 10.1 Å². The topological polar surface area (TPSA) is 78.8 Å². The highest BCUT2D eigenvalue weighted by Gasteiger charge is 2.25. The molecule has 0 fully saturated rings. The van der Waals surface area contributed by atoms with E-state index in [1.165, 1.54) is 0 Å². The number of carboxylic acid groups (broad SMARTS) is 1. The molecular formula is C16H25NO4. The molecule has 5 heteroatoms. The molecule has 0 aromatic heterocycles. The first kappa shape index (κ1) is 17.5. The minimum absolute atomic E-state index is 0.119. The largest absolute Gasteiger partial charge is 0.496 e. The van der Waals surface area contributed by atoms with Crippen molar-refractivity contribution in [2.24, 2.45) is 0 Å². The maximum absolute atomic E-state index is 11.0. The van der Waals surface area contributed by atoms with Crippen LogP contribution in [-0.4, -0.2) is 35.9 Å². The van der Waals surface area contributed by atoms with Gasteiger partial charge in [0.25, 0.3) is 0 Å². The Hall–Kier alpha value is -1.59. The lowest BCUT2D eigenvalue weighted by Crippen LogP contribution is -2.37. The Bertz CT molecular complexity index is 487. The zero-order valence-electron chi connectivity index (χ0n) is 13.1. The van der Waals surface area contributed by atoms with E-state index in [0.29, 0.717) is 6.54 Å². The molecule has 0 aliphatic carbocycles. The molecule has 1 aromatic rings. The van der Waals surface area contributed by atoms with Crippen molar-refractivity contribution in [3.63, 3.8) is 0 Å². The van der Waals surface area contributed by atoms with E-state index in [9.17, 15) is 9.90 Å². The molecule has 0 radical (unpaired) electrons. The van der Waals surface area contributed by atoms with Gasteiger partial charge in [-0.15, -0.1) is 0 Å². The van der Waals surface area contributed by atoms with Crippen LogP contribution in [0.5, 0.6) is 5.75 Å². The molecule has 5 nitrogen and oxygen atoms in total. The van der Waals surface area contributed by atoms with Crippen molar-refractivity contribution in [1.82, 2.24) is 5.32 Å². The Balaban J connectivity index is 3.04. The zero-order chi connectivity index (χ0) is 16.0. The highest BCUT2D eigenvalue weighted by molar-refractivity contribution is 5.67. The summed E-state index contributed by atoms with van der Waals surface area (Å²) in [7, 11) is 1.61. The van der Waals surface area contributed by atoms with Crippen LogP contribution in [0, 0.1) is 13.8 Å². The van der Waals surface area contributed by atoms with Crippen molar-refractivity contribution in [1.29, 1.82) is 0 Å². The van der Waals surface area contributed by atoms with Gasteiger partial charge in [-0.05, 0) is 55.6 Å². The van der Waals surface area contributed by atoms with Gasteiger partial charge in [-0.3, -0.25) is 4.79 Å². The fraction of sp³-hybridized carbons (Fsp3) is 0.562. The SMILES string of the molecule is CCCNC(CC(=O)O)C(O)c1cc(C)c(OC)cc1C. The number of aliphatic hydroxyl groups excluding tert-OH is 1. The van der Waals surface area contributed by atoms with E-state index in [1.807, 2.05) is 32.9 Å². The van der Waals surface area contributed by atoms with Gasteiger partial charge < -0.3 is 20.3 Å². The molecule has 0 aliphatic heterocycles. The number of aryl methyl sites for hydroxylation is 2. The second-order valence-electron chi connectivity index (χ2n) is 5.28. The van der Waals surface area contributed by atoms with E-state index in [0.717, 1.165) is 28.9 Å². The summed E-state index contributed by atoms with van der Waals surface area (Å²) < 4.78 is 5.26. The second kappa shape index (κ2) is 8.00. The van der Waals surface area contributed by atoms with Gasteiger partial charge in [-0.25, -0.2) is 0 Å². The lowest BCUT2D eigenvalue weighted by atomic mass is 9.94. The number of carboxylic acids is 1. The van der Waals surface area contributed by atoms with Crippen molar-refractivity contribution in [3.8, 4) is 5.75 Å². The molecule has 21 heavy (non-hydrogen) atoms. The smallest absolute Gasteiger partial charge is 0.305 e. The van der Waals surface area contributed by atoms with Gasteiger partial charge in [0, 0.05) is 6.04 Å². The van der Waals surface area contributed by atoms with Crippen LogP contribution in [0.25, 0.3) is 0 Å². The third-order valence-corrected chi connectivity index (χ3v) is 3.53. The van der Waals surface area contributed by atoms with Crippen molar-refractivity contribution in [2.45, 2.75) is 45.8 Å². The monoisotopic (exact) mass is 295 g/mol. The summed E-state index contributed by atoms with van der Waals surface area (Å²) in [6, 6.07) is 3.22. The van der Waals surface area contributed by atoms with E-state index >= 15 is 0 Å². The summed E-state index contributed by atoms with van der Waals surface area (Å²) in [6.07, 6.45) is -0.105. The zero-order valence-corrected chi connectivity index (χ0v) is 13.1. The summed E-state index contributed by atoms with van der Waals surface area (Å²) in [4.78, 5) is 11.0. The van der Waals surface area contributed by atoms with Gasteiger partial charge >= 0.3 is 5.97 Å². The molecule has 118 valence electrons. The Morgan fingerprint density at radius 1 is 1.33 bits per heavy atom. The number of methoxy groups -OCH3 is 1. The van der Waals surface area contributed by atoms with Crippen molar-refractivity contribution < 1.29 is 19.7 Å². The molecule has 0 heterocycles. The molecular weight excluding hydrogens is 270 g/mol.